The molecule has 1 fully saturated rings. The highest BCUT2D eigenvalue weighted by Crippen LogP contribution is 2.23. The lowest BCUT2D eigenvalue weighted by atomic mass is 10.1. The summed E-state index contributed by atoms with van der Waals surface area (Å²) in [7, 11) is 1.75. The first-order valence-electron chi connectivity index (χ1n) is 7.34. The van der Waals surface area contributed by atoms with Crippen molar-refractivity contribution in [3.8, 4) is 0 Å². The molecule has 0 aromatic carbocycles. The van der Waals surface area contributed by atoms with Crippen LogP contribution in [0.1, 0.15) is 36.8 Å². The fraction of sp³-hybridized carbons (Fsp3) is 0.562. The first-order valence-corrected chi connectivity index (χ1v) is 7.34. The molecule has 22 heavy (non-hydrogen) atoms. The third-order valence-corrected chi connectivity index (χ3v) is 3.51. The molecule has 0 N–H and O–H groups in total. The molecule has 2 heterocycles. The molecule has 0 radical (unpaired) electrons. The smallest absolute Gasteiger partial charge is 0.410 e. The standard InChI is InChI=1S/C16H23N3O3/c1-11-6-12(10-20)17-14(7-11)19-8-13(9-19)18(5)15(21)22-16(2,3)4/h6-7,10,13H,8-9H2,1-5H3. The Morgan fingerprint density at radius 2 is 2.05 bits per heavy atom. The van der Waals surface area contributed by atoms with E-state index < -0.39 is 5.60 Å². The van der Waals surface area contributed by atoms with Crippen molar-refractivity contribution in [2.75, 3.05) is 25.0 Å². The molecular weight excluding hydrogens is 282 g/mol. The quantitative estimate of drug-likeness (QED) is 0.802. The largest absolute Gasteiger partial charge is 0.444 e. The minimum Gasteiger partial charge on any atom is -0.444 e. The van der Waals surface area contributed by atoms with Crippen molar-refractivity contribution in [3.05, 3.63) is 23.4 Å². The van der Waals surface area contributed by atoms with Crippen molar-refractivity contribution >= 4 is 18.2 Å². The lowest BCUT2D eigenvalue weighted by Crippen LogP contribution is -2.60. The lowest BCUT2D eigenvalue weighted by Gasteiger charge is -2.44. The van der Waals surface area contributed by atoms with E-state index in [-0.39, 0.29) is 12.1 Å². The van der Waals surface area contributed by atoms with Gasteiger partial charge in [0.15, 0.2) is 6.29 Å². The van der Waals surface area contributed by atoms with Crippen LogP contribution in [0.25, 0.3) is 0 Å². The number of aryl methyl sites for hydroxylation is 1. The highest BCUT2D eigenvalue weighted by atomic mass is 16.6. The molecule has 6 nitrogen and oxygen atoms in total. The second-order valence-corrected chi connectivity index (χ2v) is 6.70. The number of rotatable bonds is 3. The number of carbonyl (C=O) groups is 2. The molecule has 0 saturated carbocycles. The Kier molecular flexibility index (Phi) is 4.39. The first-order chi connectivity index (χ1) is 10.2. The maximum Gasteiger partial charge on any atom is 0.410 e. The third-order valence-electron chi connectivity index (χ3n) is 3.51. The van der Waals surface area contributed by atoms with E-state index >= 15 is 0 Å². The molecule has 1 aliphatic rings. The van der Waals surface area contributed by atoms with Gasteiger partial charge < -0.3 is 14.5 Å². The molecule has 0 bridgehead atoms. The Morgan fingerprint density at radius 1 is 1.41 bits per heavy atom. The van der Waals surface area contributed by atoms with Gasteiger partial charge in [-0.15, -0.1) is 0 Å². The summed E-state index contributed by atoms with van der Waals surface area (Å²) in [5, 5.41) is 0. The normalized spacial score (nSPS) is 15.2. The van der Waals surface area contributed by atoms with E-state index in [1.807, 2.05) is 38.7 Å². The van der Waals surface area contributed by atoms with Crippen molar-refractivity contribution in [2.24, 2.45) is 0 Å². The highest BCUT2D eigenvalue weighted by molar-refractivity contribution is 5.73. The number of pyridine rings is 1. The number of hydrogen-bond acceptors (Lipinski definition) is 5. The summed E-state index contributed by atoms with van der Waals surface area (Å²) in [4.78, 5) is 30.9. The van der Waals surface area contributed by atoms with E-state index in [1.165, 1.54) is 0 Å². The van der Waals surface area contributed by atoms with Gasteiger partial charge in [-0.05, 0) is 45.4 Å². The average Bonchev–Trinajstić information content (AvgIpc) is 2.34. The molecule has 2 rings (SSSR count). The molecule has 1 aromatic rings. The third kappa shape index (κ3) is 3.75. The van der Waals surface area contributed by atoms with Gasteiger partial charge in [0.1, 0.15) is 17.1 Å². The second kappa shape index (κ2) is 5.94. The minimum absolute atomic E-state index is 0.0943. The molecule has 1 saturated heterocycles. The van der Waals surface area contributed by atoms with Crippen LogP contribution in [0.4, 0.5) is 10.6 Å². The van der Waals surface area contributed by atoms with Crippen LogP contribution >= 0.6 is 0 Å². The lowest BCUT2D eigenvalue weighted by molar-refractivity contribution is 0.0196. The number of ether oxygens (including phenoxy) is 1. The monoisotopic (exact) mass is 305 g/mol. The van der Waals surface area contributed by atoms with Gasteiger partial charge in [0.2, 0.25) is 0 Å². The van der Waals surface area contributed by atoms with Gasteiger partial charge in [-0.1, -0.05) is 0 Å². The number of aldehydes is 1. The van der Waals surface area contributed by atoms with E-state index in [0.29, 0.717) is 18.8 Å². The summed E-state index contributed by atoms with van der Waals surface area (Å²) in [6.07, 6.45) is 0.434. The summed E-state index contributed by atoms with van der Waals surface area (Å²) >= 11 is 0. The van der Waals surface area contributed by atoms with Crippen LogP contribution in [-0.2, 0) is 4.74 Å². The maximum absolute atomic E-state index is 12.0. The molecule has 6 heteroatoms. The number of nitrogens with zero attached hydrogens (tertiary/aromatic N) is 3. The molecule has 0 aliphatic carbocycles. The Morgan fingerprint density at radius 3 is 2.59 bits per heavy atom. The average molecular weight is 305 g/mol. The molecule has 1 aliphatic heterocycles. The number of aromatic nitrogens is 1. The molecule has 120 valence electrons. The van der Waals surface area contributed by atoms with Crippen LogP contribution in [0.3, 0.4) is 0 Å². The van der Waals surface area contributed by atoms with E-state index in [4.69, 9.17) is 4.74 Å². The Hall–Kier alpha value is -2.11. The van der Waals surface area contributed by atoms with Gasteiger partial charge in [0, 0.05) is 20.1 Å². The number of hydrogen-bond donors (Lipinski definition) is 0. The van der Waals surface area contributed by atoms with Gasteiger partial charge >= 0.3 is 6.09 Å². The van der Waals surface area contributed by atoms with E-state index in [1.54, 1.807) is 18.0 Å². The Balaban J connectivity index is 1.96. The SMILES string of the molecule is Cc1cc(C=O)nc(N2CC(N(C)C(=O)OC(C)(C)C)C2)c1. The highest BCUT2D eigenvalue weighted by Gasteiger charge is 2.35. The van der Waals surface area contributed by atoms with Gasteiger partial charge in [-0.2, -0.15) is 0 Å². The maximum atomic E-state index is 12.0. The summed E-state index contributed by atoms with van der Waals surface area (Å²) in [5.74, 6) is 0.774. The van der Waals surface area contributed by atoms with Crippen LogP contribution in [0.2, 0.25) is 0 Å². The van der Waals surface area contributed by atoms with Crippen molar-refractivity contribution in [2.45, 2.75) is 39.3 Å². The van der Waals surface area contributed by atoms with Crippen LogP contribution in [0.15, 0.2) is 12.1 Å². The molecule has 0 unspecified atom stereocenters. The number of anilines is 1. The second-order valence-electron chi connectivity index (χ2n) is 6.70. The van der Waals surface area contributed by atoms with E-state index in [0.717, 1.165) is 17.7 Å². The predicted octanol–water partition coefficient (Wildman–Crippen LogP) is 2.26. The fourth-order valence-electron chi connectivity index (χ4n) is 2.27. The molecule has 0 atom stereocenters. The van der Waals surface area contributed by atoms with Crippen molar-refractivity contribution in [1.29, 1.82) is 0 Å². The van der Waals surface area contributed by atoms with Crippen LogP contribution in [-0.4, -0.2) is 54.0 Å². The molecule has 0 spiro atoms. The Bertz CT molecular complexity index is 574. The summed E-state index contributed by atoms with van der Waals surface area (Å²) in [6, 6.07) is 3.79. The first kappa shape index (κ1) is 16.3. The predicted molar refractivity (Wildman–Crippen MR) is 84.4 cm³/mol. The van der Waals surface area contributed by atoms with Crippen LogP contribution in [0, 0.1) is 6.92 Å². The number of carbonyl (C=O) groups excluding carboxylic acids is 2. The van der Waals surface area contributed by atoms with Gasteiger partial charge in [0.05, 0.1) is 6.04 Å². The summed E-state index contributed by atoms with van der Waals surface area (Å²) < 4.78 is 5.36. The zero-order chi connectivity index (χ0) is 16.5. The molecular formula is C16H23N3O3. The van der Waals surface area contributed by atoms with E-state index in [2.05, 4.69) is 4.98 Å². The van der Waals surface area contributed by atoms with Gasteiger partial charge in [-0.25, -0.2) is 9.78 Å². The minimum atomic E-state index is -0.494. The molecule has 1 aromatic heterocycles. The molecule has 1 amide bonds. The summed E-state index contributed by atoms with van der Waals surface area (Å²) in [6.45, 7) is 8.85. The van der Waals surface area contributed by atoms with Crippen LogP contribution < -0.4 is 4.90 Å². The van der Waals surface area contributed by atoms with E-state index in [9.17, 15) is 9.59 Å². The van der Waals surface area contributed by atoms with Gasteiger partial charge in [-0.3, -0.25) is 4.79 Å². The number of likely N-dealkylation sites (N-methyl/N-ethyl adjacent to an activating group) is 1. The zero-order valence-electron chi connectivity index (χ0n) is 13.8. The topological polar surface area (TPSA) is 62.7 Å². The van der Waals surface area contributed by atoms with Crippen LogP contribution in [0.5, 0.6) is 0 Å². The van der Waals surface area contributed by atoms with Crippen molar-refractivity contribution in [3.63, 3.8) is 0 Å². The van der Waals surface area contributed by atoms with Gasteiger partial charge in [0.25, 0.3) is 0 Å². The number of amides is 1. The zero-order valence-corrected chi connectivity index (χ0v) is 13.8. The Labute approximate surface area is 131 Å². The fourth-order valence-corrected chi connectivity index (χ4v) is 2.27. The van der Waals surface area contributed by atoms with Crippen molar-refractivity contribution < 1.29 is 14.3 Å². The summed E-state index contributed by atoms with van der Waals surface area (Å²) in [5.41, 5.74) is 0.932. The van der Waals surface area contributed by atoms with Crippen molar-refractivity contribution in [1.82, 2.24) is 9.88 Å².